The van der Waals surface area contributed by atoms with Gasteiger partial charge in [0.05, 0.1) is 25.0 Å². The Bertz CT molecular complexity index is 626. The number of sulfonamides is 1. The molecule has 2 saturated heterocycles. The smallest absolute Gasteiger partial charge is 0.208 e. The van der Waals surface area contributed by atoms with Crippen molar-refractivity contribution in [3.63, 3.8) is 0 Å². The van der Waals surface area contributed by atoms with Crippen molar-refractivity contribution in [1.29, 1.82) is 0 Å². The molecule has 2 aliphatic heterocycles. The van der Waals surface area contributed by atoms with Gasteiger partial charge in [-0.25, -0.2) is 13.1 Å². The maximum atomic E-state index is 11.1. The molecule has 1 aromatic heterocycles. The van der Waals surface area contributed by atoms with Crippen LogP contribution in [-0.4, -0.2) is 56.7 Å². The molecule has 0 amide bonds. The Morgan fingerprint density at radius 1 is 1.41 bits per heavy atom. The third-order valence-corrected chi connectivity index (χ3v) is 5.21. The zero-order chi connectivity index (χ0) is 15.8. The molecule has 1 atom stereocenters. The summed E-state index contributed by atoms with van der Waals surface area (Å²) >= 11 is 0. The van der Waals surface area contributed by atoms with Crippen LogP contribution in [0.4, 0.5) is 5.82 Å². The monoisotopic (exact) mass is 326 g/mol. The van der Waals surface area contributed by atoms with Crippen molar-refractivity contribution in [3.05, 3.63) is 17.8 Å². The van der Waals surface area contributed by atoms with Gasteiger partial charge in [-0.15, -0.1) is 5.10 Å². The first kappa shape index (κ1) is 15.6. The molecule has 0 bridgehead atoms. The van der Waals surface area contributed by atoms with Crippen LogP contribution in [0.1, 0.15) is 18.5 Å². The molecule has 0 aromatic carbocycles. The lowest BCUT2D eigenvalue weighted by Gasteiger charge is -2.50. The SMILES string of the molecule is Cc1ccc(N2CC3(C2)OCCC3CCNS(C)(=O)=O)nn1. The molecule has 0 aliphatic carbocycles. The molecule has 22 heavy (non-hydrogen) atoms. The zero-order valence-electron chi connectivity index (χ0n) is 12.9. The summed E-state index contributed by atoms with van der Waals surface area (Å²) in [7, 11) is -3.12. The molecule has 0 saturated carbocycles. The van der Waals surface area contributed by atoms with Gasteiger partial charge in [0.15, 0.2) is 5.82 Å². The fourth-order valence-electron chi connectivity index (χ4n) is 3.28. The van der Waals surface area contributed by atoms with Crippen molar-refractivity contribution in [2.45, 2.75) is 25.4 Å². The Morgan fingerprint density at radius 2 is 2.18 bits per heavy atom. The van der Waals surface area contributed by atoms with E-state index in [1.807, 2.05) is 19.1 Å². The molecule has 1 aromatic rings. The van der Waals surface area contributed by atoms with E-state index in [0.717, 1.165) is 44.0 Å². The van der Waals surface area contributed by atoms with E-state index in [1.54, 1.807) is 0 Å². The summed E-state index contributed by atoms with van der Waals surface area (Å²) in [5, 5.41) is 8.29. The number of aryl methyl sites for hydroxylation is 1. The number of aromatic nitrogens is 2. The lowest BCUT2D eigenvalue weighted by molar-refractivity contribution is -0.0454. The topological polar surface area (TPSA) is 84.4 Å². The molecular formula is C14H22N4O3S. The first-order chi connectivity index (χ1) is 10.4. The lowest BCUT2D eigenvalue weighted by atomic mass is 9.79. The molecule has 2 aliphatic rings. The molecule has 1 unspecified atom stereocenters. The van der Waals surface area contributed by atoms with E-state index in [1.165, 1.54) is 6.26 Å². The molecule has 0 radical (unpaired) electrons. The van der Waals surface area contributed by atoms with Crippen LogP contribution in [0.25, 0.3) is 0 Å². The molecule has 2 fully saturated rings. The highest BCUT2D eigenvalue weighted by Crippen LogP contribution is 2.42. The average Bonchev–Trinajstić information content (AvgIpc) is 2.80. The zero-order valence-corrected chi connectivity index (χ0v) is 13.8. The summed E-state index contributed by atoms with van der Waals surface area (Å²) in [6.07, 6.45) is 2.98. The minimum Gasteiger partial charge on any atom is -0.371 e. The fourth-order valence-corrected chi connectivity index (χ4v) is 3.77. The molecule has 122 valence electrons. The third-order valence-electron chi connectivity index (χ3n) is 4.48. The Balaban J connectivity index is 1.57. The number of rotatable bonds is 5. The fraction of sp³-hybridized carbons (Fsp3) is 0.714. The van der Waals surface area contributed by atoms with Gasteiger partial charge in [0.2, 0.25) is 10.0 Å². The molecule has 7 nitrogen and oxygen atoms in total. The summed E-state index contributed by atoms with van der Waals surface area (Å²) in [5.41, 5.74) is 0.756. The van der Waals surface area contributed by atoms with Gasteiger partial charge >= 0.3 is 0 Å². The highest BCUT2D eigenvalue weighted by Gasteiger charge is 2.53. The number of nitrogens with one attached hydrogen (secondary N) is 1. The first-order valence-electron chi connectivity index (χ1n) is 7.52. The van der Waals surface area contributed by atoms with E-state index >= 15 is 0 Å². The Hall–Kier alpha value is -1.25. The first-order valence-corrected chi connectivity index (χ1v) is 9.41. The van der Waals surface area contributed by atoms with Gasteiger partial charge < -0.3 is 9.64 Å². The van der Waals surface area contributed by atoms with Gasteiger partial charge in [-0.2, -0.15) is 5.10 Å². The van der Waals surface area contributed by atoms with Crippen LogP contribution in [0.15, 0.2) is 12.1 Å². The summed E-state index contributed by atoms with van der Waals surface area (Å²) < 4.78 is 30.8. The standard InChI is InChI=1S/C14H22N4O3S/c1-11-3-4-13(17-16-11)18-9-14(10-18)12(6-8-21-14)5-7-15-22(2,19)20/h3-4,12,15H,5-10H2,1-2H3. The molecular weight excluding hydrogens is 304 g/mol. The molecule has 8 heteroatoms. The third kappa shape index (κ3) is 3.23. The van der Waals surface area contributed by atoms with Gasteiger partial charge in [0.25, 0.3) is 0 Å². The van der Waals surface area contributed by atoms with E-state index in [4.69, 9.17) is 4.74 Å². The quantitative estimate of drug-likeness (QED) is 0.839. The van der Waals surface area contributed by atoms with E-state index in [2.05, 4.69) is 19.8 Å². The van der Waals surface area contributed by atoms with Crippen molar-refractivity contribution in [2.24, 2.45) is 5.92 Å². The number of ether oxygens (including phenoxy) is 1. The van der Waals surface area contributed by atoms with E-state index in [9.17, 15) is 8.42 Å². The average molecular weight is 326 g/mol. The van der Waals surface area contributed by atoms with Crippen LogP contribution < -0.4 is 9.62 Å². The Kier molecular flexibility index (Phi) is 4.09. The molecule has 3 heterocycles. The van der Waals surface area contributed by atoms with E-state index < -0.39 is 10.0 Å². The van der Waals surface area contributed by atoms with Gasteiger partial charge in [-0.05, 0) is 37.8 Å². The number of nitrogens with zero attached hydrogens (tertiary/aromatic N) is 3. The predicted octanol–water partition coefficient (Wildman–Crippen LogP) is 0.320. The van der Waals surface area contributed by atoms with Gasteiger partial charge in [-0.3, -0.25) is 0 Å². The van der Waals surface area contributed by atoms with Gasteiger partial charge in [0, 0.05) is 13.2 Å². The minimum atomic E-state index is -3.12. The molecule has 1 spiro atoms. The number of hydrogen-bond donors (Lipinski definition) is 1. The van der Waals surface area contributed by atoms with Crippen LogP contribution in [0.2, 0.25) is 0 Å². The second-order valence-electron chi connectivity index (χ2n) is 6.24. The summed E-state index contributed by atoms with van der Waals surface area (Å²) in [5.74, 6) is 1.26. The second-order valence-corrected chi connectivity index (χ2v) is 8.08. The second kappa shape index (κ2) is 5.75. The van der Waals surface area contributed by atoms with Gasteiger partial charge in [0.1, 0.15) is 5.60 Å². The predicted molar refractivity (Wildman–Crippen MR) is 83.2 cm³/mol. The van der Waals surface area contributed by atoms with Crippen molar-refractivity contribution in [1.82, 2.24) is 14.9 Å². The van der Waals surface area contributed by atoms with Crippen LogP contribution >= 0.6 is 0 Å². The van der Waals surface area contributed by atoms with Crippen molar-refractivity contribution < 1.29 is 13.2 Å². The largest absolute Gasteiger partial charge is 0.371 e. The lowest BCUT2D eigenvalue weighted by Crippen LogP contribution is -2.65. The van der Waals surface area contributed by atoms with Crippen LogP contribution in [0, 0.1) is 12.8 Å². The normalized spacial score (nSPS) is 23.7. The Labute approximate surface area is 131 Å². The highest BCUT2D eigenvalue weighted by atomic mass is 32.2. The van der Waals surface area contributed by atoms with Crippen molar-refractivity contribution in [3.8, 4) is 0 Å². The summed E-state index contributed by atoms with van der Waals surface area (Å²) in [6.45, 7) is 4.73. The van der Waals surface area contributed by atoms with Gasteiger partial charge in [-0.1, -0.05) is 0 Å². The van der Waals surface area contributed by atoms with Crippen LogP contribution in [0.3, 0.4) is 0 Å². The number of hydrogen-bond acceptors (Lipinski definition) is 6. The maximum absolute atomic E-state index is 11.1. The highest BCUT2D eigenvalue weighted by molar-refractivity contribution is 7.88. The summed E-state index contributed by atoms with van der Waals surface area (Å²) in [4.78, 5) is 2.16. The van der Waals surface area contributed by atoms with E-state index in [0.29, 0.717) is 12.5 Å². The maximum Gasteiger partial charge on any atom is 0.208 e. The summed E-state index contributed by atoms with van der Waals surface area (Å²) in [6, 6.07) is 3.93. The van der Waals surface area contributed by atoms with E-state index in [-0.39, 0.29) is 5.60 Å². The molecule has 1 N–H and O–H groups in total. The Morgan fingerprint density at radius 3 is 2.82 bits per heavy atom. The minimum absolute atomic E-state index is 0.147. The van der Waals surface area contributed by atoms with Crippen LogP contribution in [0.5, 0.6) is 0 Å². The van der Waals surface area contributed by atoms with Crippen LogP contribution in [-0.2, 0) is 14.8 Å². The molecule has 3 rings (SSSR count). The van der Waals surface area contributed by atoms with Crippen molar-refractivity contribution in [2.75, 3.05) is 37.4 Å². The van der Waals surface area contributed by atoms with Crippen molar-refractivity contribution >= 4 is 15.8 Å². The number of anilines is 1.